The van der Waals surface area contributed by atoms with Crippen LogP contribution in [0.2, 0.25) is 5.02 Å². The summed E-state index contributed by atoms with van der Waals surface area (Å²) in [5, 5.41) is 7.75. The van der Waals surface area contributed by atoms with Crippen molar-refractivity contribution in [2.24, 2.45) is 5.92 Å². The maximum absolute atomic E-state index is 13.2. The number of methoxy groups -OCH3 is 2. The molecule has 1 aliphatic heterocycles. The van der Waals surface area contributed by atoms with Gasteiger partial charge in [-0.1, -0.05) is 23.7 Å². The summed E-state index contributed by atoms with van der Waals surface area (Å²) in [4.78, 5) is 27.5. The number of anilines is 1. The quantitative estimate of drug-likeness (QED) is 0.544. The molecule has 1 fully saturated rings. The van der Waals surface area contributed by atoms with E-state index >= 15 is 0 Å². The molecule has 0 saturated carbocycles. The molecule has 0 aliphatic carbocycles. The van der Waals surface area contributed by atoms with E-state index in [9.17, 15) is 9.59 Å². The van der Waals surface area contributed by atoms with Crippen molar-refractivity contribution >= 4 is 40.4 Å². The van der Waals surface area contributed by atoms with Gasteiger partial charge in [-0.2, -0.15) is 11.3 Å². The minimum absolute atomic E-state index is 0.101. The van der Waals surface area contributed by atoms with E-state index in [0.29, 0.717) is 28.8 Å². The first-order valence-corrected chi connectivity index (χ1v) is 11.4. The van der Waals surface area contributed by atoms with E-state index in [4.69, 9.17) is 21.1 Å². The maximum Gasteiger partial charge on any atom is 0.227 e. The summed E-state index contributed by atoms with van der Waals surface area (Å²) in [6.07, 6.45) is 0.150. The molecule has 0 spiro atoms. The Hall–Kier alpha value is -3.03. The Bertz CT molecular complexity index is 1100. The Labute approximate surface area is 195 Å². The first-order chi connectivity index (χ1) is 15.5. The van der Waals surface area contributed by atoms with E-state index in [-0.39, 0.29) is 24.3 Å². The van der Waals surface area contributed by atoms with Crippen LogP contribution in [-0.2, 0) is 9.59 Å². The zero-order valence-corrected chi connectivity index (χ0v) is 19.3. The summed E-state index contributed by atoms with van der Waals surface area (Å²) in [5.74, 6) is 0.400. The molecule has 3 aromatic rings. The highest BCUT2D eigenvalue weighted by Crippen LogP contribution is 2.34. The number of amides is 2. The Morgan fingerprint density at radius 1 is 1.09 bits per heavy atom. The van der Waals surface area contributed by atoms with Crippen molar-refractivity contribution in [3.63, 3.8) is 0 Å². The SMILES string of the molecule is COc1ccc(N2CC(C(=O)NC(c3ccc(Cl)cc3)c3ccsc3)CC2=O)cc1OC. The lowest BCUT2D eigenvalue weighted by Gasteiger charge is -2.21. The molecule has 1 aromatic heterocycles. The predicted octanol–water partition coefficient (Wildman–Crippen LogP) is 4.68. The number of nitrogens with zero attached hydrogens (tertiary/aromatic N) is 1. The second-order valence-electron chi connectivity index (χ2n) is 7.49. The number of hydrogen-bond donors (Lipinski definition) is 1. The van der Waals surface area contributed by atoms with Crippen LogP contribution in [0, 0.1) is 5.92 Å². The van der Waals surface area contributed by atoms with Gasteiger partial charge in [0.1, 0.15) is 0 Å². The summed E-state index contributed by atoms with van der Waals surface area (Å²) in [5.41, 5.74) is 2.60. The van der Waals surface area contributed by atoms with Crippen LogP contribution in [0.5, 0.6) is 11.5 Å². The molecule has 4 rings (SSSR count). The van der Waals surface area contributed by atoms with Gasteiger partial charge in [0, 0.05) is 29.7 Å². The minimum atomic E-state index is -0.455. The van der Waals surface area contributed by atoms with Gasteiger partial charge in [-0.05, 0) is 52.2 Å². The van der Waals surface area contributed by atoms with E-state index in [0.717, 1.165) is 11.1 Å². The number of thiophene rings is 1. The van der Waals surface area contributed by atoms with Crippen LogP contribution in [0.1, 0.15) is 23.6 Å². The van der Waals surface area contributed by atoms with Gasteiger partial charge in [0.25, 0.3) is 0 Å². The van der Waals surface area contributed by atoms with Crippen LogP contribution >= 0.6 is 22.9 Å². The third kappa shape index (κ3) is 4.59. The first-order valence-electron chi connectivity index (χ1n) is 10.1. The molecule has 1 aliphatic rings. The molecular formula is C24H23ClN2O4S. The van der Waals surface area contributed by atoms with Gasteiger partial charge < -0.3 is 19.7 Å². The highest BCUT2D eigenvalue weighted by molar-refractivity contribution is 7.08. The number of carbonyl (C=O) groups excluding carboxylic acids is 2. The Morgan fingerprint density at radius 3 is 2.50 bits per heavy atom. The normalized spacial score (nSPS) is 16.7. The van der Waals surface area contributed by atoms with Gasteiger partial charge in [0.15, 0.2) is 11.5 Å². The highest BCUT2D eigenvalue weighted by Gasteiger charge is 2.36. The molecule has 2 atom stereocenters. The van der Waals surface area contributed by atoms with Crippen LogP contribution in [0.4, 0.5) is 5.69 Å². The largest absolute Gasteiger partial charge is 0.493 e. The fourth-order valence-electron chi connectivity index (χ4n) is 3.84. The van der Waals surface area contributed by atoms with Crippen LogP contribution in [0.25, 0.3) is 0 Å². The third-order valence-electron chi connectivity index (χ3n) is 5.54. The lowest BCUT2D eigenvalue weighted by Crippen LogP contribution is -2.36. The number of carbonyl (C=O) groups is 2. The van der Waals surface area contributed by atoms with Crippen LogP contribution in [0.15, 0.2) is 59.3 Å². The average molecular weight is 471 g/mol. The molecule has 32 heavy (non-hydrogen) atoms. The second-order valence-corrected chi connectivity index (χ2v) is 8.71. The number of hydrogen-bond acceptors (Lipinski definition) is 5. The van der Waals surface area contributed by atoms with Crippen molar-refractivity contribution < 1.29 is 19.1 Å². The maximum atomic E-state index is 13.2. The Balaban J connectivity index is 1.52. The zero-order valence-electron chi connectivity index (χ0n) is 17.7. The number of nitrogens with one attached hydrogen (secondary N) is 1. The van der Waals surface area contributed by atoms with Crippen LogP contribution in [-0.4, -0.2) is 32.6 Å². The van der Waals surface area contributed by atoms with Gasteiger partial charge in [-0.3, -0.25) is 9.59 Å². The molecule has 0 bridgehead atoms. The van der Waals surface area contributed by atoms with Crippen molar-refractivity contribution in [2.75, 3.05) is 25.7 Å². The summed E-state index contributed by atoms with van der Waals surface area (Å²) in [6.45, 7) is 0.303. The number of rotatable bonds is 7. The Kier molecular flexibility index (Phi) is 6.67. The third-order valence-corrected chi connectivity index (χ3v) is 6.49. The fourth-order valence-corrected chi connectivity index (χ4v) is 4.65. The van der Waals surface area contributed by atoms with Gasteiger partial charge in [0.05, 0.1) is 26.2 Å². The minimum Gasteiger partial charge on any atom is -0.493 e. The molecule has 2 aromatic carbocycles. The van der Waals surface area contributed by atoms with E-state index in [1.54, 1.807) is 60.8 Å². The molecule has 166 valence electrons. The molecule has 1 N–H and O–H groups in total. The first kappa shape index (κ1) is 22.2. The van der Waals surface area contributed by atoms with Crippen molar-refractivity contribution in [1.82, 2.24) is 5.32 Å². The van der Waals surface area contributed by atoms with E-state index in [2.05, 4.69) is 5.32 Å². The molecule has 2 unspecified atom stereocenters. The van der Waals surface area contributed by atoms with E-state index in [1.807, 2.05) is 29.0 Å². The highest BCUT2D eigenvalue weighted by atomic mass is 35.5. The van der Waals surface area contributed by atoms with Crippen molar-refractivity contribution in [3.05, 3.63) is 75.4 Å². The molecule has 8 heteroatoms. The fraction of sp³-hybridized carbons (Fsp3) is 0.250. The molecule has 6 nitrogen and oxygen atoms in total. The van der Waals surface area contributed by atoms with E-state index in [1.165, 1.54) is 0 Å². The lowest BCUT2D eigenvalue weighted by molar-refractivity contribution is -0.126. The molecule has 2 heterocycles. The number of ether oxygens (including phenoxy) is 2. The number of halogens is 1. The van der Waals surface area contributed by atoms with Crippen LogP contribution in [0.3, 0.4) is 0 Å². The van der Waals surface area contributed by atoms with Crippen LogP contribution < -0.4 is 19.7 Å². The second kappa shape index (κ2) is 9.63. The molecule has 1 saturated heterocycles. The summed E-state index contributed by atoms with van der Waals surface area (Å²) in [7, 11) is 3.11. The summed E-state index contributed by atoms with van der Waals surface area (Å²) >= 11 is 7.60. The number of benzene rings is 2. The lowest BCUT2D eigenvalue weighted by atomic mass is 9.99. The van der Waals surface area contributed by atoms with Crippen molar-refractivity contribution in [3.8, 4) is 11.5 Å². The van der Waals surface area contributed by atoms with E-state index < -0.39 is 5.92 Å². The van der Waals surface area contributed by atoms with Gasteiger partial charge in [-0.25, -0.2) is 0 Å². The van der Waals surface area contributed by atoms with Gasteiger partial charge in [0.2, 0.25) is 11.8 Å². The predicted molar refractivity (Wildman–Crippen MR) is 126 cm³/mol. The standard InChI is InChI=1S/C24H23ClN2O4S/c1-30-20-8-7-19(12-21(20)31-2)27-13-17(11-22(27)28)24(29)26-23(16-9-10-32-14-16)15-3-5-18(25)6-4-15/h3-10,12,14,17,23H,11,13H2,1-2H3,(H,26,29). The smallest absolute Gasteiger partial charge is 0.227 e. The van der Waals surface area contributed by atoms with Crippen molar-refractivity contribution in [1.29, 1.82) is 0 Å². The van der Waals surface area contributed by atoms with Gasteiger partial charge in [-0.15, -0.1) is 0 Å². The molecular weight excluding hydrogens is 448 g/mol. The molecule has 2 amide bonds. The Morgan fingerprint density at radius 2 is 1.84 bits per heavy atom. The zero-order chi connectivity index (χ0) is 22.7. The summed E-state index contributed by atoms with van der Waals surface area (Å²) in [6, 6.07) is 14.4. The monoisotopic (exact) mass is 470 g/mol. The molecule has 0 radical (unpaired) electrons. The average Bonchev–Trinajstić information content (AvgIpc) is 3.47. The topological polar surface area (TPSA) is 67.9 Å². The van der Waals surface area contributed by atoms with Crippen molar-refractivity contribution in [2.45, 2.75) is 12.5 Å². The van der Waals surface area contributed by atoms with Gasteiger partial charge >= 0.3 is 0 Å². The summed E-state index contributed by atoms with van der Waals surface area (Å²) < 4.78 is 10.6.